The summed E-state index contributed by atoms with van der Waals surface area (Å²) in [5.74, 6) is 1.60. The van der Waals surface area contributed by atoms with Crippen LogP contribution in [0.1, 0.15) is 24.4 Å². The highest BCUT2D eigenvalue weighted by Gasteiger charge is 2.26. The molecule has 0 bridgehead atoms. The smallest absolute Gasteiger partial charge is 0.244 e. The van der Waals surface area contributed by atoms with Crippen molar-refractivity contribution in [2.45, 2.75) is 31.2 Å². The zero-order valence-corrected chi connectivity index (χ0v) is 10.9. The summed E-state index contributed by atoms with van der Waals surface area (Å²) in [4.78, 5) is 0.253. The molecule has 1 aliphatic rings. The Morgan fingerprint density at radius 1 is 1.47 bits per heavy atom. The van der Waals surface area contributed by atoms with Crippen molar-refractivity contribution in [3.8, 4) is 0 Å². The number of furan rings is 1. The molecule has 1 aromatic heterocycles. The fourth-order valence-electron chi connectivity index (χ4n) is 1.68. The van der Waals surface area contributed by atoms with E-state index < -0.39 is 10.0 Å². The predicted octanol–water partition coefficient (Wildman–Crippen LogP) is 0.996. The average Bonchev–Trinajstić information content (AvgIpc) is 3.00. The quantitative estimate of drug-likeness (QED) is 0.798. The topological polar surface area (TPSA) is 71.3 Å². The molecule has 0 aliphatic heterocycles. The van der Waals surface area contributed by atoms with Gasteiger partial charge in [0, 0.05) is 12.6 Å². The van der Waals surface area contributed by atoms with E-state index in [9.17, 15) is 8.42 Å². The molecule has 1 aromatic rings. The molecule has 6 heteroatoms. The van der Waals surface area contributed by atoms with Crippen LogP contribution in [0, 0.1) is 12.8 Å². The van der Waals surface area contributed by atoms with Crippen LogP contribution in [0.3, 0.4) is 0 Å². The molecule has 96 valence electrons. The number of nitrogens with one attached hydrogen (secondary N) is 2. The summed E-state index contributed by atoms with van der Waals surface area (Å²) in [5, 5.41) is 2.93. The highest BCUT2D eigenvalue weighted by atomic mass is 32.2. The summed E-state index contributed by atoms with van der Waals surface area (Å²) in [6.07, 6.45) is 2.25. The minimum Gasteiger partial charge on any atom is -0.464 e. The molecule has 1 heterocycles. The molecule has 5 nitrogen and oxygen atoms in total. The van der Waals surface area contributed by atoms with Crippen molar-refractivity contribution in [3.63, 3.8) is 0 Å². The molecule has 1 saturated carbocycles. The first-order valence-corrected chi connectivity index (χ1v) is 7.25. The fraction of sp³-hybridized carbons (Fsp3) is 0.636. The number of hydrogen-bond donors (Lipinski definition) is 2. The second-order valence-electron chi connectivity index (χ2n) is 4.46. The van der Waals surface area contributed by atoms with Gasteiger partial charge in [-0.1, -0.05) is 0 Å². The SMILES string of the molecule is CNCc1cc(S(=O)(=O)NCC2CC2)c(C)o1. The molecule has 0 atom stereocenters. The van der Waals surface area contributed by atoms with Crippen molar-refractivity contribution in [2.24, 2.45) is 5.92 Å². The molecule has 0 radical (unpaired) electrons. The Morgan fingerprint density at radius 3 is 2.76 bits per heavy atom. The maximum absolute atomic E-state index is 12.0. The third-order valence-electron chi connectivity index (χ3n) is 2.82. The molecular weight excluding hydrogens is 240 g/mol. The molecule has 0 saturated heterocycles. The van der Waals surface area contributed by atoms with Gasteiger partial charge >= 0.3 is 0 Å². The highest BCUT2D eigenvalue weighted by Crippen LogP contribution is 2.28. The predicted molar refractivity (Wildman–Crippen MR) is 64.1 cm³/mol. The monoisotopic (exact) mass is 258 g/mol. The number of rotatable bonds is 6. The normalized spacial score (nSPS) is 16.4. The molecule has 0 unspecified atom stereocenters. The molecule has 1 fully saturated rings. The summed E-state index contributed by atoms with van der Waals surface area (Å²) in [5.41, 5.74) is 0. The largest absolute Gasteiger partial charge is 0.464 e. The second-order valence-corrected chi connectivity index (χ2v) is 6.19. The van der Waals surface area contributed by atoms with Crippen LogP contribution in [0.15, 0.2) is 15.4 Å². The summed E-state index contributed by atoms with van der Waals surface area (Å²) < 4.78 is 32.0. The van der Waals surface area contributed by atoms with Gasteiger partial charge in [0.15, 0.2) is 0 Å². The Labute approximate surface area is 102 Å². The van der Waals surface area contributed by atoms with Gasteiger partial charge in [0.2, 0.25) is 10.0 Å². The van der Waals surface area contributed by atoms with Gasteiger partial charge in [0.05, 0.1) is 6.54 Å². The lowest BCUT2D eigenvalue weighted by Gasteiger charge is -2.03. The van der Waals surface area contributed by atoms with Crippen molar-refractivity contribution >= 4 is 10.0 Å². The van der Waals surface area contributed by atoms with Gasteiger partial charge in [-0.3, -0.25) is 0 Å². The van der Waals surface area contributed by atoms with Crippen LogP contribution < -0.4 is 10.0 Å². The zero-order valence-electron chi connectivity index (χ0n) is 10.1. The third kappa shape index (κ3) is 3.08. The van der Waals surface area contributed by atoms with Crippen LogP contribution >= 0.6 is 0 Å². The zero-order chi connectivity index (χ0) is 12.5. The molecule has 17 heavy (non-hydrogen) atoms. The van der Waals surface area contributed by atoms with E-state index in [-0.39, 0.29) is 4.90 Å². The van der Waals surface area contributed by atoms with Crippen LogP contribution in [-0.2, 0) is 16.6 Å². The van der Waals surface area contributed by atoms with Crippen LogP contribution in [0.5, 0.6) is 0 Å². The third-order valence-corrected chi connectivity index (χ3v) is 4.35. The second kappa shape index (κ2) is 4.80. The van der Waals surface area contributed by atoms with Gasteiger partial charge < -0.3 is 9.73 Å². The van der Waals surface area contributed by atoms with Gasteiger partial charge in [0.1, 0.15) is 16.4 Å². The van der Waals surface area contributed by atoms with Gasteiger partial charge in [-0.2, -0.15) is 0 Å². The minimum absolute atomic E-state index is 0.253. The highest BCUT2D eigenvalue weighted by molar-refractivity contribution is 7.89. The van der Waals surface area contributed by atoms with Crippen molar-refractivity contribution in [1.82, 2.24) is 10.0 Å². The van der Waals surface area contributed by atoms with Crippen LogP contribution in [0.25, 0.3) is 0 Å². The Morgan fingerprint density at radius 2 is 2.18 bits per heavy atom. The summed E-state index contributed by atoms with van der Waals surface area (Å²) in [6.45, 7) is 2.73. The van der Waals surface area contributed by atoms with E-state index in [1.165, 1.54) is 0 Å². The maximum atomic E-state index is 12.0. The first-order chi connectivity index (χ1) is 8.03. The Balaban J connectivity index is 2.12. The van der Waals surface area contributed by atoms with Crippen LogP contribution in [0.4, 0.5) is 0 Å². The van der Waals surface area contributed by atoms with Gasteiger partial charge in [-0.25, -0.2) is 13.1 Å². The summed E-state index contributed by atoms with van der Waals surface area (Å²) in [6, 6.07) is 1.58. The number of aryl methyl sites for hydroxylation is 1. The van der Waals surface area contributed by atoms with E-state index in [4.69, 9.17) is 4.42 Å². The standard InChI is InChI=1S/C11H18N2O3S/c1-8-11(5-10(16-8)7-12-2)17(14,15)13-6-9-3-4-9/h5,9,12-13H,3-4,6-7H2,1-2H3. The van der Waals surface area contributed by atoms with Crippen LogP contribution in [0.2, 0.25) is 0 Å². The molecule has 2 rings (SSSR count). The lowest BCUT2D eigenvalue weighted by atomic mass is 10.4. The number of sulfonamides is 1. The van der Waals surface area contributed by atoms with Crippen molar-refractivity contribution in [1.29, 1.82) is 0 Å². The first kappa shape index (κ1) is 12.6. The molecule has 0 amide bonds. The van der Waals surface area contributed by atoms with E-state index in [1.54, 1.807) is 20.0 Å². The Kier molecular flexibility index (Phi) is 3.56. The van der Waals surface area contributed by atoms with Crippen molar-refractivity contribution in [2.75, 3.05) is 13.6 Å². The lowest BCUT2D eigenvalue weighted by Crippen LogP contribution is -2.26. The average molecular weight is 258 g/mol. The van der Waals surface area contributed by atoms with E-state index in [0.717, 1.165) is 12.8 Å². The van der Waals surface area contributed by atoms with Gasteiger partial charge in [-0.05, 0) is 32.7 Å². The lowest BCUT2D eigenvalue weighted by molar-refractivity contribution is 0.465. The van der Waals surface area contributed by atoms with E-state index in [0.29, 0.717) is 30.5 Å². The van der Waals surface area contributed by atoms with E-state index in [1.807, 2.05) is 0 Å². The molecule has 1 aliphatic carbocycles. The fourth-order valence-corrected chi connectivity index (χ4v) is 3.00. The summed E-state index contributed by atoms with van der Waals surface area (Å²) in [7, 11) is -1.63. The molecule has 0 aromatic carbocycles. The number of hydrogen-bond acceptors (Lipinski definition) is 4. The first-order valence-electron chi connectivity index (χ1n) is 5.76. The van der Waals surface area contributed by atoms with E-state index >= 15 is 0 Å². The Bertz CT molecular complexity index is 489. The molecular formula is C11H18N2O3S. The minimum atomic E-state index is -3.42. The van der Waals surface area contributed by atoms with Crippen molar-refractivity contribution < 1.29 is 12.8 Å². The van der Waals surface area contributed by atoms with Gasteiger partial charge in [-0.15, -0.1) is 0 Å². The molecule has 2 N–H and O–H groups in total. The van der Waals surface area contributed by atoms with Crippen molar-refractivity contribution in [3.05, 3.63) is 17.6 Å². The Hall–Kier alpha value is -0.850. The van der Waals surface area contributed by atoms with E-state index in [2.05, 4.69) is 10.0 Å². The maximum Gasteiger partial charge on any atom is 0.244 e. The summed E-state index contributed by atoms with van der Waals surface area (Å²) >= 11 is 0. The van der Waals surface area contributed by atoms with Crippen LogP contribution in [-0.4, -0.2) is 22.0 Å². The molecule has 0 spiro atoms. The van der Waals surface area contributed by atoms with Gasteiger partial charge in [0.25, 0.3) is 0 Å².